The van der Waals surface area contributed by atoms with Gasteiger partial charge < -0.3 is 4.74 Å². The largest absolute Gasteiger partial charge is 0.370 e. The normalized spacial score (nSPS) is 41.0. The van der Waals surface area contributed by atoms with Crippen LogP contribution >= 0.6 is 0 Å². The summed E-state index contributed by atoms with van der Waals surface area (Å²) in [5.41, 5.74) is 0. The highest BCUT2D eigenvalue weighted by molar-refractivity contribution is 5.84. The molecule has 12 heavy (non-hydrogen) atoms. The number of rotatable bonds is 1. The summed E-state index contributed by atoms with van der Waals surface area (Å²) in [6, 6.07) is 0. The Kier molecular flexibility index (Phi) is 2.01. The minimum Gasteiger partial charge on any atom is -0.370 e. The van der Waals surface area contributed by atoms with E-state index in [1.54, 1.807) is 0 Å². The number of carbonyl (C=O) groups excluding carboxylic acids is 1. The fraction of sp³-hybridized carbons (Fsp3) is 0.700. The lowest BCUT2D eigenvalue weighted by Crippen LogP contribution is -2.28. The molecule has 0 spiro atoms. The summed E-state index contributed by atoms with van der Waals surface area (Å²) >= 11 is 0. The molecule has 3 unspecified atom stereocenters. The van der Waals surface area contributed by atoms with Gasteiger partial charge in [0.1, 0.15) is 6.61 Å². The molecule has 0 aromatic carbocycles. The van der Waals surface area contributed by atoms with Crippen LogP contribution in [0.15, 0.2) is 12.7 Å². The number of Topliss-reactive ketones (excluding diaryl/α,β-unsaturated/α-hetero) is 1. The van der Waals surface area contributed by atoms with Crippen LogP contribution in [0.1, 0.15) is 19.3 Å². The van der Waals surface area contributed by atoms with Gasteiger partial charge in [0, 0.05) is 5.92 Å². The van der Waals surface area contributed by atoms with Gasteiger partial charge in [-0.05, 0) is 25.2 Å². The zero-order valence-corrected chi connectivity index (χ0v) is 7.16. The van der Waals surface area contributed by atoms with Crippen molar-refractivity contribution < 1.29 is 9.53 Å². The molecule has 3 atom stereocenters. The van der Waals surface area contributed by atoms with E-state index in [0.717, 1.165) is 19.3 Å². The Balaban J connectivity index is 2.03. The smallest absolute Gasteiger partial charge is 0.164 e. The molecule has 2 nitrogen and oxygen atoms in total. The Bertz CT molecular complexity index is 210. The first-order valence-electron chi connectivity index (χ1n) is 4.58. The lowest BCUT2D eigenvalue weighted by Gasteiger charge is -2.27. The molecule has 0 bridgehead atoms. The molecule has 0 aromatic heterocycles. The number of fused-ring (bicyclic) bond motifs is 1. The SMILES string of the molecule is C=CC1CCC2C(=O)COC2C1. The molecule has 0 amide bonds. The zero-order valence-electron chi connectivity index (χ0n) is 7.16. The van der Waals surface area contributed by atoms with E-state index in [-0.39, 0.29) is 12.0 Å². The standard InChI is InChI=1S/C10H14O2/c1-2-7-3-4-8-9(11)6-12-10(8)5-7/h2,7-8,10H,1,3-6H2. The zero-order chi connectivity index (χ0) is 8.55. The lowest BCUT2D eigenvalue weighted by molar-refractivity contribution is -0.120. The summed E-state index contributed by atoms with van der Waals surface area (Å²) in [7, 11) is 0. The number of ether oxygens (including phenoxy) is 1. The van der Waals surface area contributed by atoms with Crippen LogP contribution < -0.4 is 0 Å². The number of hydrogen-bond acceptors (Lipinski definition) is 2. The van der Waals surface area contributed by atoms with E-state index >= 15 is 0 Å². The van der Waals surface area contributed by atoms with Gasteiger partial charge in [-0.3, -0.25) is 4.79 Å². The summed E-state index contributed by atoms with van der Waals surface area (Å²) in [6.45, 7) is 4.12. The second kappa shape index (κ2) is 3.02. The molecule has 2 rings (SSSR count). The first kappa shape index (κ1) is 7.99. The second-order valence-electron chi connectivity index (χ2n) is 3.73. The molecule has 1 saturated carbocycles. The fourth-order valence-corrected chi connectivity index (χ4v) is 2.22. The summed E-state index contributed by atoms with van der Waals surface area (Å²) in [6.07, 6.45) is 5.30. The van der Waals surface area contributed by atoms with Crippen molar-refractivity contribution in [3.8, 4) is 0 Å². The third-order valence-electron chi connectivity index (χ3n) is 3.02. The van der Waals surface area contributed by atoms with E-state index in [1.807, 2.05) is 6.08 Å². The molecule has 2 fully saturated rings. The molecule has 1 heterocycles. The second-order valence-corrected chi connectivity index (χ2v) is 3.73. The first-order chi connectivity index (χ1) is 5.81. The van der Waals surface area contributed by atoms with Crippen molar-refractivity contribution in [3.63, 3.8) is 0 Å². The molecule has 0 N–H and O–H groups in total. The number of carbonyl (C=O) groups is 1. The van der Waals surface area contributed by atoms with Crippen molar-refractivity contribution in [3.05, 3.63) is 12.7 Å². The average molecular weight is 166 g/mol. The predicted molar refractivity (Wildman–Crippen MR) is 45.8 cm³/mol. The third kappa shape index (κ3) is 1.20. The Morgan fingerprint density at radius 2 is 2.33 bits per heavy atom. The van der Waals surface area contributed by atoms with Gasteiger partial charge in [-0.2, -0.15) is 0 Å². The monoisotopic (exact) mass is 166 g/mol. The number of allylic oxidation sites excluding steroid dienone is 1. The highest BCUT2D eigenvalue weighted by Crippen LogP contribution is 2.35. The molecule has 2 aliphatic rings. The van der Waals surface area contributed by atoms with Gasteiger partial charge in [0.2, 0.25) is 0 Å². The first-order valence-corrected chi connectivity index (χ1v) is 4.58. The van der Waals surface area contributed by atoms with Crippen molar-refractivity contribution in [1.29, 1.82) is 0 Å². The van der Waals surface area contributed by atoms with Crippen molar-refractivity contribution in [1.82, 2.24) is 0 Å². The number of hydrogen-bond donors (Lipinski definition) is 0. The van der Waals surface area contributed by atoms with Crippen molar-refractivity contribution in [2.45, 2.75) is 25.4 Å². The van der Waals surface area contributed by atoms with Gasteiger partial charge in [-0.15, -0.1) is 6.58 Å². The summed E-state index contributed by atoms with van der Waals surface area (Å²) in [5, 5.41) is 0. The maximum atomic E-state index is 11.3. The Hall–Kier alpha value is -0.630. The van der Waals surface area contributed by atoms with Gasteiger partial charge in [0.15, 0.2) is 5.78 Å². The predicted octanol–water partition coefficient (Wildman–Crippen LogP) is 1.56. The third-order valence-corrected chi connectivity index (χ3v) is 3.02. The van der Waals surface area contributed by atoms with Gasteiger partial charge in [-0.1, -0.05) is 6.08 Å². The molecule has 2 heteroatoms. The van der Waals surface area contributed by atoms with Crippen LogP contribution in [0.25, 0.3) is 0 Å². The average Bonchev–Trinajstić information content (AvgIpc) is 2.47. The van der Waals surface area contributed by atoms with Crippen LogP contribution in [0.2, 0.25) is 0 Å². The van der Waals surface area contributed by atoms with Crippen LogP contribution in [-0.4, -0.2) is 18.5 Å². The minimum atomic E-state index is 0.203. The van der Waals surface area contributed by atoms with Gasteiger partial charge in [0.25, 0.3) is 0 Å². The van der Waals surface area contributed by atoms with E-state index in [9.17, 15) is 4.79 Å². The maximum absolute atomic E-state index is 11.3. The minimum absolute atomic E-state index is 0.203. The van der Waals surface area contributed by atoms with Crippen LogP contribution in [0, 0.1) is 11.8 Å². The van der Waals surface area contributed by atoms with E-state index in [2.05, 4.69) is 6.58 Å². The molecular formula is C10H14O2. The van der Waals surface area contributed by atoms with E-state index in [0.29, 0.717) is 18.3 Å². The van der Waals surface area contributed by atoms with Crippen molar-refractivity contribution in [2.75, 3.05) is 6.61 Å². The van der Waals surface area contributed by atoms with Crippen LogP contribution in [0.3, 0.4) is 0 Å². The van der Waals surface area contributed by atoms with Crippen LogP contribution in [0.5, 0.6) is 0 Å². The fourth-order valence-electron chi connectivity index (χ4n) is 2.22. The highest BCUT2D eigenvalue weighted by atomic mass is 16.5. The Morgan fingerprint density at radius 1 is 1.50 bits per heavy atom. The Labute approximate surface area is 72.6 Å². The molecule has 66 valence electrons. The molecule has 1 aliphatic carbocycles. The highest BCUT2D eigenvalue weighted by Gasteiger charge is 2.39. The van der Waals surface area contributed by atoms with E-state index < -0.39 is 0 Å². The van der Waals surface area contributed by atoms with Crippen molar-refractivity contribution in [2.24, 2.45) is 11.8 Å². The summed E-state index contributed by atoms with van der Waals surface area (Å²) in [4.78, 5) is 11.3. The van der Waals surface area contributed by atoms with E-state index in [1.165, 1.54) is 0 Å². The quantitative estimate of drug-likeness (QED) is 0.552. The van der Waals surface area contributed by atoms with Crippen LogP contribution in [-0.2, 0) is 9.53 Å². The maximum Gasteiger partial charge on any atom is 0.164 e. The number of ketones is 1. The van der Waals surface area contributed by atoms with Gasteiger partial charge in [0.05, 0.1) is 6.10 Å². The van der Waals surface area contributed by atoms with E-state index in [4.69, 9.17) is 4.74 Å². The Morgan fingerprint density at radius 3 is 3.08 bits per heavy atom. The topological polar surface area (TPSA) is 26.3 Å². The molecular weight excluding hydrogens is 152 g/mol. The molecule has 0 radical (unpaired) electrons. The summed E-state index contributed by atoms with van der Waals surface area (Å²) in [5.74, 6) is 1.08. The van der Waals surface area contributed by atoms with Crippen LogP contribution in [0.4, 0.5) is 0 Å². The summed E-state index contributed by atoms with van der Waals surface area (Å²) < 4.78 is 5.40. The van der Waals surface area contributed by atoms with Gasteiger partial charge in [-0.25, -0.2) is 0 Å². The van der Waals surface area contributed by atoms with Gasteiger partial charge >= 0.3 is 0 Å². The molecule has 0 aromatic rings. The molecule has 1 aliphatic heterocycles. The lowest BCUT2D eigenvalue weighted by atomic mass is 9.79. The van der Waals surface area contributed by atoms with Crippen molar-refractivity contribution >= 4 is 5.78 Å². The molecule has 1 saturated heterocycles.